The van der Waals surface area contributed by atoms with E-state index in [-0.39, 0.29) is 17.7 Å². The van der Waals surface area contributed by atoms with Crippen molar-refractivity contribution < 1.29 is 17.9 Å². The van der Waals surface area contributed by atoms with E-state index in [4.69, 9.17) is 10.5 Å². The number of hydrogen-bond donors (Lipinski definition) is 1. The normalized spacial score (nSPS) is 22.4. The molecule has 0 bridgehead atoms. The minimum absolute atomic E-state index is 0.165. The molecule has 0 radical (unpaired) electrons. The summed E-state index contributed by atoms with van der Waals surface area (Å²) in [4.78, 5) is 4.27. The van der Waals surface area contributed by atoms with Gasteiger partial charge < -0.3 is 10.5 Å². The Kier molecular flexibility index (Phi) is 5.42. The maximum Gasteiger partial charge on any atom is 0.416 e. The first kappa shape index (κ1) is 19.0. The molecule has 1 heterocycles. The first-order valence-electron chi connectivity index (χ1n) is 9.14. The van der Waals surface area contributed by atoms with Crippen LogP contribution in [0.2, 0.25) is 0 Å². The number of nitrogens with zero attached hydrogens (tertiary/aromatic N) is 1. The first-order valence-corrected chi connectivity index (χ1v) is 9.14. The van der Waals surface area contributed by atoms with Gasteiger partial charge in [0.25, 0.3) is 0 Å². The number of fused-ring (bicyclic) bond motifs is 1. The fraction of sp³-hybridized carbons (Fsp3) is 0.550. The molecule has 0 aliphatic heterocycles. The molecule has 3 rings (SSSR count). The second-order valence-corrected chi connectivity index (χ2v) is 7.16. The Labute approximate surface area is 151 Å². The van der Waals surface area contributed by atoms with Gasteiger partial charge in [0.05, 0.1) is 12.7 Å². The molecule has 2 N–H and O–H groups in total. The van der Waals surface area contributed by atoms with Gasteiger partial charge >= 0.3 is 6.18 Å². The summed E-state index contributed by atoms with van der Waals surface area (Å²) in [5.41, 5.74) is 6.90. The lowest BCUT2D eigenvalue weighted by Gasteiger charge is -2.32. The summed E-state index contributed by atoms with van der Waals surface area (Å²) >= 11 is 0. The summed E-state index contributed by atoms with van der Waals surface area (Å²) in [5, 5.41) is 0.544. The zero-order valence-corrected chi connectivity index (χ0v) is 15.1. The third-order valence-electron chi connectivity index (χ3n) is 5.68. The molecule has 1 unspecified atom stereocenters. The highest BCUT2D eigenvalue weighted by molar-refractivity contribution is 5.88. The number of methoxy groups -OCH3 is 1. The highest BCUT2D eigenvalue weighted by Gasteiger charge is 2.33. The molecule has 26 heavy (non-hydrogen) atoms. The van der Waals surface area contributed by atoms with Gasteiger partial charge in [0.15, 0.2) is 0 Å². The zero-order chi connectivity index (χ0) is 18.9. The summed E-state index contributed by atoms with van der Waals surface area (Å²) < 4.78 is 45.1. The number of nitrogens with two attached hydrogens (primary N) is 1. The lowest BCUT2D eigenvalue weighted by atomic mass is 9.75. The summed E-state index contributed by atoms with van der Waals surface area (Å²) in [5.74, 6) is 0.900. The standard InChI is InChI=1S/C20H25F3N2O/c1-3-17(24)13-6-4-12(5-7-13)15-8-9-25-19-16(15)10-14(20(21,22)23)11-18(19)26-2/h8-13,17H,3-7,24H2,1-2H3. The predicted molar refractivity (Wildman–Crippen MR) is 96.3 cm³/mol. The van der Waals surface area contributed by atoms with Crippen LogP contribution in [0.15, 0.2) is 24.4 Å². The number of halogens is 3. The van der Waals surface area contributed by atoms with E-state index in [1.54, 1.807) is 6.20 Å². The Morgan fingerprint density at radius 1 is 1.23 bits per heavy atom. The molecular weight excluding hydrogens is 341 g/mol. The van der Waals surface area contributed by atoms with E-state index in [1.165, 1.54) is 13.2 Å². The summed E-state index contributed by atoms with van der Waals surface area (Å²) in [6.07, 6.45) is 2.11. The van der Waals surface area contributed by atoms with Gasteiger partial charge in [0.2, 0.25) is 0 Å². The number of alkyl halides is 3. The molecule has 1 aromatic heterocycles. The van der Waals surface area contributed by atoms with Crippen molar-refractivity contribution in [2.24, 2.45) is 11.7 Å². The highest BCUT2D eigenvalue weighted by Crippen LogP contribution is 2.42. The van der Waals surface area contributed by atoms with Crippen LogP contribution in [-0.4, -0.2) is 18.1 Å². The molecule has 1 atom stereocenters. The fourth-order valence-electron chi connectivity index (χ4n) is 4.11. The minimum atomic E-state index is -4.42. The molecule has 0 spiro atoms. The van der Waals surface area contributed by atoms with E-state index in [2.05, 4.69) is 11.9 Å². The number of rotatable bonds is 4. The molecule has 1 aliphatic carbocycles. The Morgan fingerprint density at radius 2 is 1.92 bits per heavy atom. The molecule has 0 amide bonds. The van der Waals surface area contributed by atoms with Gasteiger partial charge in [0.1, 0.15) is 11.3 Å². The van der Waals surface area contributed by atoms with Crippen LogP contribution in [0.4, 0.5) is 13.2 Å². The van der Waals surface area contributed by atoms with Crippen molar-refractivity contribution in [1.29, 1.82) is 0 Å². The van der Waals surface area contributed by atoms with Gasteiger partial charge in [-0.05, 0) is 67.7 Å². The minimum Gasteiger partial charge on any atom is -0.494 e. The van der Waals surface area contributed by atoms with Crippen LogP contribution in [0.3, 0.4) is 0 Å². The molecule has 1 saturated carbocycles. The number of pyridine rings is 1. The molecule has 3 nitrogen and oxygen atoms in total. The maximum absolute atomic E-state index is 13.3. The van der Waals surface area contributed by atoms with Gasteiger partial charge in [-0.3, -0.25) is 4.98 Å². The number of benzene rings is 1. The average Bonchev–Trinajstić information content (AvgIpc) is 2.65. The molecule has 2 aromatic rings. The van der Waals surface area contributed by atoms with Crippen molar-refractivity contribution in [3.63, 3.8) is 0 Å². The van der Waals surface area contributed by atoms with Gasteiger partial charge in [0, 0.05) is 17.6 Å². The smallest absolute Gasteiger partial charge is 0.416 e. The van der Waals surface area contributed by atoms with Gasteiger partial charge in [-0.15, -0.1) is 0 Å². The molecular formula is C20H25F3N2O. The van der Waals surface area contributed by atoms with Crippen LogP contribution in [-0.2, 0) is 6.18 Å². The van der Waals surface area contributed by atoms with Crippen LogP contribution >= 0.6 is 0 Å². The third kappa shape index (κ3) is 3.65. The number of ether oxygens (including phenoxy) is 1. The van der Waals surface area contributed by atoms with Crippen LogP contribution in [0.25, 0.3) is 10.9 Å². The average molecular weight is 366 g/mol. The molecule has 1 fully saturated rings. The van der Waals surface area contributed by atoms with Gasteiger partial charge in [-0.1, -0.05) is 6.92 Å². The fourth-order valence-corrected chi connectivity index (χ4v) is 4.11. The zero-order valence-electron chi connectivity index (χ0n) is 15.1. The van der Waals surface area contributed by atoms with E-state index in [0.717, 1.165) is 43.7 Å². The largest absolute Gasteiger partial charge is 0.494 e. The topological polar surface area (TPSA) is 48.1 Å². The van der Waals surface area contributed by atoms with Crippen LogP contribution in [0, 0.1) is 5.92 Å². The first-order chi connectivity index (χ1) is 12.3. The quantitative estimate of drug-likeness (QED) is 0.801. The van der Waals surface area contributed by atoms with Crippen LogP contribution < -0.4 is 10.5 Å². The Bertz CT molecular complexity index is 767. The Hall–Kier alpha value is -1.82. The Balaban J connectivity index is 1.99. The number of hydrogen-bond acceptors (Lipinski definition) is 3. The van der Waals surface area contributed by atoms with E-state index in [9.17, 15) is 13.2 Å². The summed E-state index contributed by atoms with van der Waals surface area (Å²) in [6, 6.07) is 4.30. The van der Waals surface area contributed by atoms with Crippen molar-refractivity contribution in [3.05, 3.63) is 35.5 Å². The van der Waals surface area contributed by atoms with Crippen molar-refractivity contribution in [2.75, 3.05) is 7.11 Å². The maximum atomic E-state index is 13.3. The van der Waals surface area contributed by atoms with E-state index in [0.29, 0.717) is 16.8 Å². The van der Waals surface area contributed by atoms with Crippen LogP contribution in [0.5, 0.6) is 5.75 Å². The van der Waals surface area contributed by atoms with E-state index < -0.39 is 11.7 Å². The van der Waals surface area contributed by atoms with Crippen molar-refractivity contribution in [3.8, 4) is 5.75 Å². The lowest BCUT2D eigenvalue weighted by Crippen LogP contribution is -2.32. The number of aromatic nitrogens is 1. The summed E-state index contributed by atoms with van der Waals surface area (Å²) in [6.45, 7) is 2.10. The van der Waals surface area contributed by atoms with Crippen molar-refractivity contribution >= 4 is 10.9 Å². The van der Waals surface area contributed by atoms with Crippen molar-refractivity contribution in [1.82, 2.24) is 4.98 Å². The molecule has 0 saturated heterocycles. The van der Waals surface area contributed by atoms with Crippen LogP contribution in [0.1, 0.15) is 56.1 Å². The van der Waals surface area contributed by atoms with E-state index >= 15 is 0 Å². The lowest BCUT2D eigenvalue weighted by molar-refractivity contribution is -0.137. The second-order valence-electron chi connectivity index (χ2n) is 7.16. The second kappa shape index (κ2) is 7.43. The monoisotopic (exact) mass is 366 g/mol. The van der Waals surface area contributed by atoms with Crippen molar-refractivity contribution in [2.45, 2.75) is 57.2 Å². The van der Waals surface area contributed by atoms with Gasteiger partial charge in [-0.25, -0.2) is 0 Å². The molecule has 6 heteroatoms. The SMILES string of the molecule is CCC(N)C1CCC(c2ccnc3c(OC)cc(C(F)(F)F)cc23)CC1. The van der Waals surface area contributed by atoms with E-state index in [1.807, 2.05) is 6.07 Å². The predicted octanol–water partition coefficient (Wildman–Crippen LogP) is 5.27. The van der Waals surface area contributed by atoms with Gasteiger partial charge in [-0.2, -0.15) is 13.2 Å². The highest BCUT2D eigenvalue weighted by atomic mass is 19.4. The molecule has 1 aromatic carbocycles. The summed E-state index contributed by atoms with van der Waals surface area (Å²) in [7, 11) is 1.38. The third-order valence-corrected chi connectivity index (χ3v) is 5.68. The Morgan fingerprint density at radius 3 is 2.50 bits per heavy atom. The molecule has 142 valence electrons. The molecule has 1 aliphatic rings.